The van der Waals surface area contributed by atoms with Crippen molar-refractivity contribution in [2.45, 2.75) is 26.2 Å². The van der Waals surface area contributed by atoms with Crippen molar-refractivity contribution in [3.05, 3.63) is 86.8 Å². The van der Waals surface area contributed by atoms with Gasteiger partial charge >= 0.3 is 5.97 Å². The molecule has 35 heavy (non-hydrogen) atoms. The van der Waals surface area contributed by atoms with Crippen molar-refractivity contribution in [2.24, 2.45) is 0 Å². The molecule has 180 valence electrons. The maximum Gasteiger partial charge on any atom is 0.349 e. The number of esters is 1. The summed E-state index contributed by atoms with van der Waals surface area (Å²) in [7, 11) is 1.48. The summed E-state index contributed by atoms with van der Waals surface area (Å²) in [6.45, 7) is 5.97. The highest BCUT2D eigenvalue weighted by molar-refractivity contribution is 9.10. The van der Waals surface area contributed by atoms with Crippen molar-refractivity contribution in [3.8, 4) is 23.3 Å². The van der Waals surface area contributed by atoms with Gasteiger partial charge in [-0.2, -0.15) is 5.26 Å². The number of methoxy groups -OCH3 is 1. The monoisotopic (exact) mass is 553 g/mol. The highest BCUT2D eigenvalue weighted by Crippen LogP contribution is 2.34. The summed E-state index contributed by atoms with van der Waals surface area (Å²) in [5.41, 5.74) is 2.73. The zero-order chi connectivity index (χ0) is 25.6. The van der Waals surface area contributed by atoms with Gasteiger partial charge in [-0.3, -0.25) is 0 Å². The smallest absolute Gasteiger partial charge is 0.349 e. The molecule has 3 rings (SSSR count). The zero-order valence-electron chi connectivity index (χ0n) is 19.9. The van der Waals surface area contributed by atoms with Gasteiger partial charge in [0.15, 0.2) is 18.1 Å². The van der Waals surface area contributed by atoms with E-state index in [0.29, 0.717) is 27.7 Å². The molecule has 0 aliphatic carbocycles. The van der Waals surface area contributed by atoms with Crippen LogP contribution < -0.4 is 14.2 Å². The van der Waals surface area contributed by atoms with Gasteiger partial charge in [-0.1, -0.05) is 66.5 Å². The molecule has 0 N–H and O–H groups in total. The van der Waals surface area contributed by atoms with E-state index in [2.05, 4.69) is 42.8 Å². The average Bonchev–Trinajstić information content (AvgIpc) is 2.82. The number of halogens is 2. The SMILES string of the molecule is COc1cc(/C=C(\C#N)c2ccc(Cl)cc2)ccc1OC(=O)COc1ccc(Br)cc1C(C)(C)C. The molecule has 0 bridgehead atoms. The van der Waals surface area contributed by atoms with Crippen molar-refractivity contribution in [3.63, 3.8) is 0 Å². The third-order valence-corrected chi connectivity index (χ3v) is 5.84. The molecule has 5 nitrogen and oxygen atoms in total. The van der Waals surface area contributed by atoms with Gasteiger partial charge in [0.2, 0.25) is 0 Å². The van der Waals surface area contributed by atoms with Crippen molar-refractivity contribution >= 4 is 45.1 Å². The quantitative estimate of drug-likeness (QED) is 0.131. The van der Waals surface area contributed by atoms with E-state index < -0.39 is 5.97 Å². The van der Waals surface area contributed by atoms with Crippen molar-refractivity contribution in [2.75, 3.05) is 13.7 Å². The predicted molar refractivity (Wildman–Crippen MR) is 142 cm³/mol. The van der Waals surface area contributed by atoms with E-state index in [1.165, 1.54) is 7.11 Å². The standard InChI is InChI=1S/C28H25BrClNO4/c1-28(2,3)23-15-21(29)8-12-24(23)34-17-27(32)35-25-11-5-18(14-26(25)33-4)13-20(16-31)19-6-9-22(30)10-7-19/h5-15H,17H2,1-4H3/b20-13+. The van der Waals surface area contributed by atoms with Crippen molar-refractivity contribution < 1.29 is 19.0 Å². The molecule has 3 aromatic carbocycles. The van der Waals surface area contributed by atoms with Gasteiger partial charge in [0, 0.05) is 15.1 Å². The topological polar surface area (TPSA) is 68.5 Å². The van der Waals surface area contributed by atoms with Gasteiger partial charge in [-0.05, 0) is 65.1 Å². The first-order valence-electron chi connectivity index (χ1n) is 10.8. The molecule has 0 atom stereocenters. The number of benzene rings is 3. The number of nitrogens with zero attached hydrogens (tertiary/aromatic N) is 1. The fraction of sp³-hybridized carbons (Fsp3) is 0.214. The molecule has 0 radical (unpaired) electrons. The molecular formula is C28H25BrClNO4. The molecule has 0 spiro atoms. The fourth-order valence-corrected chi connectivity index (χ4v) is 3.82. The summed E-state index contributed by atoms with van der Waals surface area (Å²) in [4.78, 5) is 12.5. The van der Waals surface area contributed by atoms with Crippen LogP contribution in [-0.2, 0) is 10.2 Å². The maximum atomic E-state index is 12.5. The lowest BCUT2D eigenvalue weighted by molar-refractivity contribution is -0.136. The van der Waals surface area contributed by atoms with E-state index in [4.69, 9.17) is 25.8 Å². The van der Waals surface area contributed by atoms with Crippen molar-refractivity contribution in [1.82, 2.24) is 0 Å². The largest absolute Gasteiger partial charge is 0.493 e. The summed E-state index contributed by atoms with van der Waals surface area (Å²) >= 11 is 9.42. The summed E-state index contributed by atoms with van der Waals surface area (Å²) < 4.78 is 17.6. The van der Waals surface area contributed by atoms with Crippen LogP contribution in [0.3, 0.4) is 0 Å². The average molecular weight is 555 g/mol. The van der Waals surface area contributed by atoms with Gasteiger partial charge in [0.1, 0.15) is 5.75 Å². The lowest BCUT2D eigenvalue weighted by Gasteiger charge is -2.23. The Hall–Kier alpha value is -3.27. The summed E-state index contributed by atoms with van der Waals surface area (Å²) in [5.74, 6) is 0.680. The number of ether oxygens (including phenoxy) is 3. The van der Waals surface area contributed by atoms with Gasteiger partial charge in [0.25, 0.3) is 0 Å². The van der Waals surface area contributed by atoms with Crippen LogP contribution in [0.25, 0.3) is 11.6 Å². The van der Waals surface area contributed by atoms with Crippen LogP contribution in [0.4, 0.5) is 0 Å². The predicted octanol–water partition coefficient (Wildman–Crippen LogP) is 7.46. The molecule has 7 heteroatoms. The van der Waals surface area contributed by atoms with E-state index >= 15 is 0 Å². The van der Waals surface area contributed by atoms with Crippen LogP contribution in [0.15, 0.2) is 65.1 Å². The molecule has 0 aromatic heterocycles. The Bertz CT molecular complexity index is 1290. The van der Waals surface area contributed by atoms with Crippen LogP contribution in [0.1, 0.15) is 37.5 Å². The molecular weight excluding hydrogens is 530 g/mol. The molecule has 0 aliphatic heterocycles. The first-order valence-corrected chi connectivity index (χ1v) is 12.0. The molecule has 0 heterocycles. The first kappa shape index (κ1) is 26.3. The van der Waals surface area contributed by atoms with E-state index in [-0.39, 0.29) is 17.8 Å². The van der Waals surface area contributed by atoms with Gasteiger partial charge in [0.05, 0.1) is 18.8 Å². The highest BCUT2D eigenvalue weighted by Gasteiger charge is 2.20. The normalized spacial score (nSPS) is 11.5. The van der Waals surface area contributed by atoms with Crippen LogP contribution >= 0.6 is 27.5 Å². The maximum absolute atomic E-state index is 12.5. The Balaban J connectivity index is 1.74. The molecule has 0 saturated heterocycles. The molecule has 0 fully saturated rings. The Morgan fingerprint density at radius 2 is 1.71 bits per heavy atom. The first-order chi connectivity index (χ1) is 16.6. The van der Waals surface area contributed by atoms with E-state index in [9.17, 15) is 10.1 Å². The minimum Gasteiger partial charge on any atom is -0.493 e. The summed E-state index contributed by atoms with van der Waals surface area (Å²) in [5, 5.41) is 10.2. The van der Waals surface area contributed by atoms with E-state index in [1.807, 2.05) is 18.2 Å². The molecule has 0 amide bonds. The molecule has 0 saturated carbocycles. The van der Waals surface area contributed by atoms with E-state index in [0.717, 1.165) is 15.6 Å². The fourth-order valence-electron chi connectivity index (χ4n) is 3.34. The molecule has 0 aliphatic rings. The van der Waals surface area contributed by atoms with Gasteiger partial charge in [-0.25, -0.2) is 4.79 Å². The number of carbonyl (C=O) groups is 1. The molecule has 0 unspecified atom stereocenters. The molecule has 3 aromatic rings. The van der Waals surface area contributed by atoms with E-state index in [1.54, 1.807) is 48.5 Å². The second-order valence-electron chi connectivity index (χ2n) is 8.74. The summed E-state index contributed by atoms with van der Waals surface area (Å²) in [6.07, 6.45) is 1.72. The number of carbonyl (C=O) groups excluding carboxylic acids is 1. The minimum absolute atomic E-state index is 0.163. The Kier molecular flexibility index (Phi) is 8.61. The highest BCUT2D eigenvalue weighted by atomic mass is 79.9. The van der Waals surface area contributed by atoms with Crippen molar-refractivity contribution in [1.29, 1.82) is 5.26 Å². The lowest BCUT2D eigenvalue weighted by Crippen LogP contribution is -2.20. The van der Waals surface area contributed by atoms with Crippen LogP contribution in [0.2, 0.25) is 5.02 Å². The second-order valence-corrected chi connectivity index (χ2v) is 10.1. The number of hydrogen-bond acceptors (Lipinski definition) is 5. The zero-order valence-corrected chi connectivity index (χ0v) is 22.2. The lowest BCUT2D eigenvalue weighted by atomic mass is 9.86. The third kappa shape index (κ3) is 7.11. The number of rotatable bonds is 7. The van der Waals surface area contributed by atoms with Gasteiger partial charge in [-0.15, -0.1) is 0 Å². The third-order valence-electron chi connectivity index (χ3n) is 5.09. The Morgan fingerprint density at radius 3 is 2.34 bits per heavy atom. The minimum atomic E-state index is -0.562. The van der Waals surface area contributed by atoms with Crippen LogP contribution in [-0.4, -0.2) is 19.7 Å². The van der Waals surface area contributed by atoms with Crippen LogP contribution in [0, 0.1) is 11.3 Å². The number of nitriles is 1. The Morgan fingerprint density at radius 1 is 1.03 bits per heavy atom. The summed E-state index contributed by atoms with van der Waals surface area (Å²) in [6, 6.07) is 19.9. The van der Waals surface area contributed by atoms with Crippen LogP contribution in [0.5, 0.6) is 17.2 Å². The number of allylic oxidation sites excluding steroid dienone is 1. The second kappa shape index (κ2) is 11.4. The Labute approximate surface area is 219 Å². The van der Waals surface area contributed by atoms with Gasteiger partial charge < -0.3 is 14.2 Å². The number of hydrogen-bond donors (Lipinski definition) is 0.